The highest BCUT2D eigenvalue weighted by Crippen LogP contribution is 2.31. The summed E-state index contributed by atoms with van der Waals surface area (Å²) in [6.45, 7) is 2.07. The molecule has 2 rings (SSSR count). The van der Waals surface area contributed by atoms with Crippen molar-refractivity contribution in [3.8, 4) is 0 Å². The number of hydrogen-bond acceptors (Lipinski definition) is 6. The van der Waals surface area contributed by atoms with Crippen molar-refractivity contribution in [1.29, 1.82) is 0 Å². The summed E-state index contributed by atoms with van der Waals surface area (Å²) in [6.07, 6.45) is 10.4. The quantitative estimate of drug-likeness (QED) is 0.143. The molecule has 8 heteroatoms. The van der Waals surface area contributed by atoms with Gasteiger partial charge in [0.2, 0.25) is 0 Å². The summed E-state index contributed by atoms with van der Waals surface area (Å²) in [4.78, 5) is 38.6. The van der Waals surface area contributed by atoms with Crippen molar-refractivity contribution in [1.82, 2.24) is 0 Å². The lowest BCUT2D eigenvalue weighted by Crippen LogP contribution is -2.36. The van der Waals surface area contributed by atoms with Crippen LogP contribution in [0.25, 0.3) is 0 Å². The van der Waals surface area contributed by atoms with Gasteiger partial charge in [-0.25, -0.2) is 0 Å². The first-order valence-electron chi connectivity index (χ1n) is 9.91. The van der Waals surface area contributed by atoms with Crippen molar-refractivity contribution in [3.05, 3.63) is 40.2 Å². The lowest BCUT2D eigenvalue weighted by Gasteiger charge is -2.26. The van der Waals surface area contributed by atoms with Crippen molar-refractivity contribution in [2.24, 2.45) is 11.8 Å². The third-order valence-corrected chi connectivity index (χ3v) is 5.24. The molecule has 1 aromatic heterocycles. The fraction of sp³-hybridized carbons (Fsp3) is 0.650. The Morgan fingerprint density at radius 1 is 1.32 bits per heavy atom. The van der Waals surface area contributed by atoms with E-state index in [9.17, 15) is 19.7 Å². The Hall–Kier alpha value is -2.51. The number of carbonyl (C=O) groups excluding carboxylic acids is 2. The second-order valence-corrected chi connectivity index (χ2v) is 7.42. The monoisotopic (exact) mass is 393 g/mol. The standard InChI is InChI=1S/C20H29N2O6/c1-16(17-7-3-2-4-8-17)13-20(24)27-15-21-11-5-9-18(14-21)19(23)10-6-12-28-22(25)26/h5,9,11,14,16-17H,2-4,6-8,10,12-13,15H2,1H3/q+1/t16-/m0/s1. The molecule has 1 aliphatic carbocycles. The average Bonchev–Trinajstić information content (AvgIpc) is 2.70. The van der Waals surface area contributed by atoms with Gasteiger partial charge in [-0.3, -0.25) is 9.59 Å². The summed E-state index contributed by atoms with van der Waals surface area (Å²) in [6, 6.07) is 3.37. The van der Waals surface area contributed by atoms with Crippen molar-refractivity contribution < 1.29 is 28.8 Å². The maximum absolute atomic E-state index is 12.2. The van der Waals surface area contributed by atoms with Gasteiger partial charge in [0.15, 0.2) is 18.2 Å². The van der Waals surface area contributed by atoms with Crippen LogP contribution in [0.1, 0.15) is 68.6 Å². The van der Waals surface area contributed by atoms with Crippen LogP contribution in [0, 0.1) is 22.0 Å². The minimum Gasteiger partial charge on any atom is -0.405 e. The Morgan fingerprint density at radius 2 is 2.07 bits per heavy atom. The van der Waals surface area contributed by atoms with E-state index < -0.39 is 5.09 Å². The fourth-order valence-electron chi connectivity index (χ4n) is 3.62. The van der Waals surface area contributed by atoms with E-state index in [2.05, 4.69) is 11.8 Å². The predicted molar refractivity (Wildman–Crippen MR) is 99.6 cm³/mol. The van der Waals surface area contributed by atoms with Gasteiger partial charge in [0.05, 0.1) is 12.2 Å². The molecule has 8 nitrogen and oxygen atoms in total. The smallest absolute Gasteiger partial charge is 0.310 e. The molecule has 0 N–H and O–H groups in total. The lowest BCUT2D eigenvalue weighted by molar-refractivity contribution is -0.757. The van der Waals surface area contributed by atoms with Gasteiger partial charge in [-0.05, 0) is 24.3 Å². The minimum absolute atomic E-state index is 0.0573. The van der Waals surface area contributed by atoms with E-state index >= 15 is 0 Å². The Labute approximate surface area is 164 Å². The van der Waals surface area contributed by atoms with Gasteiger partial charge in [-0.1, -0.05) is 39.0 Å². The Kier molecular flexibility index (Phi) is 8.84. The summed E-state index contributed by atoms with van der Waals surface area (Å²) >= 11 is 0. The maximum Gasteiger partial charge on any atom is 0.310 e. The second-order valence-electron chi connectivity index (χ2n) is 7.42. The third kappa shape index (κ3) is 7.62. The summed E-state index contributed by atoms with van der Waals surface area (Å²) in [5.41, 5.74) is 0.468. The maximum atomic E-state index is 12.2. The Balaban J connectivity index is 1.76. The Morgan fingerprint density at radius 3 is 2.79 bits per heavy atom. The van der Waals surface area contributed by atoms with Gasteiger partial charge in [0.25, 0.3) is 11.8 Å². The molecule has 1 atom stereocenters. The molecule has 1 fully saturated rings. The minimum atomic E-state index is -0.871. The number of ketones is 1. The highest BCUT2D eigenvalue weighted by Gasteiger charge is 2.23. The number of rotatable bonds is 11. The van der Waals surface area contributed by atoms with Gasteiger partial charge < -0.3 is 9.57 Å². The zero-order valence-electron chi connectivity index (χ0n) is 16.4. The number of hydrogen-bond donors (Lipinski definition) is 0. The summed E-state index contributed by atoms with van der Waals surface area (Å²) in [5, 5.41) is 9.23. The fourth-order valence-corrected chi connectivity index (χ4v) is 3.62. The third-order valence-electron chi connectivity index (χ3n) is 5.24. The Bertz CT molecular complexity index is 672. The first-order chi connectivity index (χ1) is 13.5. The molecule has 0 spiro atoms. The molecule has 0 aliphatic heterocycles. The summed E-state index contributed by atoms with van der Waals surface area (Å²) in [7, 11) is 0. The molecule has 154 valence electrons. The molecule has 1 aromatic rings. The lowest BCUT2D eigenvalue weighted by atomic mass is 9.79. The van der Waals surface area contributed by atoms with Crippen LogP contribution in [-0.2, 0) is 21.1 Å². The van der Waals surface area contributed by atoms with E-state index in [1.807, 2.05) is 0 Å². The van der Waals surface area contributed by atoms with Crippen LogP contribution in [0.2, 0.25) is 0 Å². The topological polar surface area (TPSA) is 99.6 Å². The van der Waals surface area contributed by atoms with Crippen LogP contribution in [0.4, 0.5) is 0 Å². The van der Waals surface area contributed by atoms with E-state index in [-0.39, 0.29) is 37.9 Å². The summed E-state index contributed by atoms with van der Waals surface area (Å²) in [5.74, 6) is 0.569. The van der Waals surface area contributed by atoms with Crippen molar-refractivity contribution >= 4 is 11.8 Å². The van der Waals surface area contributed by atoms with Crippen molar-refractivity contribution in [3.63, 3.8) is 0 Å². The molecule has 0 amide bonds. The van der Waals surface area contributed by atoms with Crippen molar-refractivity contribution in [2.75, 3.05) is 6.61 Å². The second kappa shape index (κ2) is 11.4. The molecule has 28 heavy (non-hydrogen) atoms. The van der Waals surface area contributed by atoms with Gasteiger partial charge in [-0.2, -0.15) is 4.57 Å². The van der Waals surface area contributed by atoms with Gasteiger partial charge in [0, 0.05) is 18.9 Å². The van der Waals surface area contributed by atoms with E-state index in [1.54, 1.807) is 29.1 Å². The highest BCUT2D eigenvalue weighted by molar-refractivity contribution is 5.95. The normalized spacial score (nSPS) is 15.6. The van der Waals surface area contributed by atoms with Crippen LogP contribution in [-0.4, -0.2) is 23.4 Å². The zero-order valence-corrected chi connectivity index (χ0v) is 16.4. The average molecular weight is 393 g/mol. The molecule has 0 saturated heterocycles. The number of carbonyl (C=O) groups is 2. The molecule has 0 bridgehead atoms. The number of pyridine rings is 1. The number of aromatic nitrogens is 1. The van der Waals surface area contributed by atoms with Crippen LogP contribution in [0.5, 0.6) is 0 Å². The van der Waals surface area contributed by atoms with Gasteiger partial charge in [-0.15, -0.1) is 10.1 Å². The molecule has 1 heterocycles. The molecular weight excluding hydrogens is 364 g/mol. The van der Waals surface area contributed by atoms with Crippen LogP contribution >= 0.6 is 0 Å². The predicted octanol–water partition coefficient (Wildman–Crippen LogP) is 3.25. The largest absolute Gasteiger partial charge is 0.405 e. The summed E-state index contributed by atoms with van der Waals surface area (Å²) < 4.78 is 7.01. The van der Waals surface area contributed by atoms with E-state index in [4.69, 9.17) is 4.74 Å². The number of ether oxygens (including phenoxy) is 1. The molecular formula is C20H29N2O6+. The van der Waals surface area contributed by atoms with Crippen LogP contribution in [0.15, 0.2) is 24.5 Å². The molecule has 0 aromatic carbocycles. The van der Waals surface area contributed by atoms with E-state index in [0.29, 0.717) is 23.8 Å². The molecule has 0 unspecified atom stereocenters. The van der Waals surface area contributed by atoms with Gasteiger partial charge in [0.1, 0.15) is 0 Å². The van der Waals surface area contributed by atoms with Gasteiger partial charge >= 0.3 is 5.97 Å². The van der Waals surface area contributed by atoms with E-state index in [1.165, 1.54) is 32.1 Å². The molecule has 1 aliphatic rings. The number of esters is 1. The number of Topliss-reactive ketones (excluding diaryl/α,β-unsaturated/α-hetero) is 1. The zero-order chi connectivity index (χ0) is 20.4. The molecule has 0 radical (unpaired) electrons. The first-order valence-corrected chi connectivity index (χ1v) is 9.91. The molecule has 1 saturated carbocycles. The highest BCUT2D eigenvalue weighted by atomic mass is 16.9. The number of nitrogens with zero attached hydrogens (tertiary/aromatic N) is 2. The SMILES string of the molecule is C[C@@H](CC(=O)OC[n+]1cccc(C(=O)CCCO[N+](=O)[O-])c1)C1CCCCC1. The van der Waals surface area contributed by atoms with Crippen LogP contribution in [0.3, 0.4) is 0 Å². The van der Waals surface area contributed by atoms with Crippen molar-refractivity contribution in [2.45, 2.75) is 65.0 Å². The van der Waals surface area contributed by atoms with E-state index in [0.717, 1.165) is 0 Å². The van der Waals surface area contributed by atoms with Crippen LogP contribution < -0.4 is 4.57 Å². The first kappa shape index (κ1) is 21.8.